The lowest BCUT2D eigenvalue weighted by Gasteiger charge is -2.28. The van der Waals surface area contributed by atoms with E-state index in [2.05, 4.69) is 5.16 Å². The molecule has 0 radical (unpaired) electrons. The Morgan fingerprint density at radius 2 is 2.08 bits per heavy atom. The maximum Gasteiger partial charge on any atom is 0.233 e. The van der Waals surface area contributed by atoms with Gasteiger partial charge in [-0.2, -0.15) is 0 Å². The van der Waals surface area contributed by atoms with Crippen molar-refractivity contribution in [2.45, 2.75) is 31.7 Å². The maximum atomic E-state index is 8.81. The Labute approximate surface area is 77.8 Å². The molecule has 4 N–H and O–H groups in total. The summed E-state index contributed by atoms with van der Waals surface area (Å²) < 4.78 is 0. The number of hydrogen-bond acceptors (Lipinski definition) is 3. The zero-order valence-corrected chi connectivity index (χ0v) is 7.69. The topological polar surface area (TPSA) is 82.1 Å². The summed E-state index contributed by atoms with van der Waals surface area (Å²) in [7, 11) is 0. The van der Waals surface area contributed by atoms with E-state index in [1.165, 1.54) is 12.8 Å². The van der Waals surface area contributed by atoms with E-state index in [0.717, 1.165) is 12.8 Å². The number of guanidine groups is 1. The highest BCUT2D eigenvalue weighted by molar-refractivity contribution is 5.77. The Morgan fingerprint density at radius 1 is 1.46 bits per heavy atom. The van der Waals surface area contributed by atoms with Crippen LogP contribution in [0.3, 0.4) is 0 Å². The molecule has 0 unspecified atom stereocenters. The van der Waals surface area contributed by atoms with Gasteiger partial charge in [-0.3, -0.25) is 0 Å². The van der Waals surface area contributed by atoms with Crippen LogP contribution in [-0.2, 0) is 0 Å². The number of hydrogen-bond donors (Lipinski definition) is 3. The molecule has 5 heteroatoms. The minimum absolute atomic E-state index is 0.0344. The standard InChI is InChI=1S/C8H17N3O2/c9-8(10-13)11(5-6-12)7-3-1-2-4-7/h7,12-13H,1-6H2,(H2,9,10). The van der Waals surface area contributed by atoms with Gasteiger partial charge in [0.2, 0.25) is 5.96 Å². The SMILES string of the molecule is NC(=NO)N(CCO)C1CCCC1. The van der Waals surface area contributed by atoms with Gasteiger partial charge >= 0.3 is 0 Å². The van der Waals surface area contributed by atoms with Crippen molar-refractivity contribution < 1.29 is 10.3 Å². The highest BCUT2D eigenvalue weighted by Crippen LogP contribution is 2.22. The fourth-order valence-corrected chi connectivity index (χ4v) is 1.87. The first-order chi connectivity index (χ1) is 6.29. The molecule has 76 valence electrons. The summed E-state index contributed by atoms with van der Waals surface area (Å²) in [6, 6.07) is 0.336. The Hall–Kier alpha value is -0.970. The van der Waals surface area contributed by atoms with Crippen molar-refractivity contribution >= 4 is 5.96 Å². The summed E-state index contributed by atoms with van der Waals surface area (Å²) >= 11 is 0. The number of rotatable bonds is 3. The van der Waals surface area contributed by atoms with Crippen LogP contribution in [-0.4, -0.2) is 40.4 Å². The predicted octanol–water partition coefficient (Wildman–Crippen LogP) is -0.0728. The molecule has 0 aromatic heterocycles. The van der Waals surface area contributed by atoms with E-state index in [1.54, 1.807) is 4.90 Å². The fraction of sp³-hybridized carbons (Fsp3) is 0.875. The fourth-order valence-electron chi connectivity index (χ4n) is 1.87. The molecule has 0 saturated heterocycles. The van der Waals surface area contributed by atoms with Crippen molar-refractivity contribution in [2.75, 3.05) is 13.2 Å². The van der Waals surface area contributed by atoms with Crippen molar-refractivity contribution in [3.8, 4) is 0 Å². The first kappa shape index (κ1) is 10.1. The second-order valence-electron chi connectivity index (χ2n) is 3.31. The van der Waals surface area contributed by atoms with Crippen LogP contribution in [0, 0.1) is 0 Å². The van der Waals surface area contributed by atoms with Crippen LogP contribution in [0.1, 0.15) is 25.7 Å². The molecule has 1 aliphatic carbocycles. The number of nitrogens with two attached hydrogens (primary N) is 1. The van der Waals surface area contributed by atoms with E-state index in [0.29, 0.717) is 12.6 Å². The van der Waals surface area contributed by atoms with Crippen molar-refractivity contribution in [1.82, 2.24) is 4.90 Å². The monoisotopic (exact) mass is 187 g/mol. The molecule has 0 atom stereocenters. The molecule has 13 heavy (non-hydrogen) atoms. The van der Waals surface area contributed by atoms with Crippen LogP contribution in [0.25, 0.3) is 0 Å². The third-order valence-corrected chi connectivity index (χ3v) is 2.50. The van der Waals surface area contributed by atoms with Gasteiger partial charge in [0.05, 0.1) is 6.61 Å². The average molecular weight is 187 g/mol. The Kier molecular flexibility index (Phi) is 3.82. The Morgan fingerprint density at radius 3 is 2.54 bits per heavy atom. The lowest BCUT2D eigenvalue weighted by Crippen LogP contribution is -2.45. The van der Waals surface area contributed by atoms with E-state index in [9.17, 15) is 0 Å². The van der Waals surface area contributed by atoms with Gasteiger partial charge in [0.25, 0.3) is 0 Å². The lowest BCUT2D eigenvalue weighted by atomic mass is 10.2. The van der Waals surface area contributed by atoms with E-state index in [1.807, 2.05) is 0 Å². The molecule has 0 heterocycles. The normalized spacial score (nSPS) is 19.3. The molecule has 1 rings (SSSR count). The van der Waals surface area contributed by atoms with Crippen LogP contribution in [0.2, 0.25) is 0 Å². The first-order valence-electron chi connectivity index (χ1n) is 4.64. The molecule has 0 aromatic rings. The predicted molar refractivity (Wildman–Crippen MR) is 49.5 cm³/mol. The van der Waals surface area contributed by atoms with Crippen LogP contribution < -0.4 is 5.73 Å². The maximum absolute atomic E-state index is 8.81. The summed E-state index contributed by atoms with van der Waals surface area (Å²) in [6.07, 6.45) is 4.50. The molecule has 0 aromatic carbocycles. The van der Waals surface area contributed by atoms with Crippen molar-refractivity contribution in [2.24, 2.45) is 10.9 Å². The van der Waals surface area contributed by atoms with Gasteiger partial charge < -0.3 is 20.9 Å². The molecule has 0 bridgehead atoms. The van der Waals surface area contributed by atoms with Gasteiger partial charge in [0.15, 0.2) is 0 Å². The number of oxime groups is 1. The highest BCUT2D eigenvalue weighted by Gasteiger charge is 2.23. The Balaban J connectivity index is 2.55. The molecule has 0 aliphatic heterocycles. The quantitative estimate of drug-likeness (QED) is 0.250. The highest BCUT2D eigenvalue weighted by atomic mass is 16.4. The molecule has 1 fully saturated rings. The number of aliphatic hydroxyl groups is 1. The van der Waals surface area contributed by atoms with Crippen LogP contribution in [0.4, 0.5) is 0 Å². The summed E-state index contributed by atoms with van der Waals surface area (Å²) in [5.41, 5.74) is 5.50. The molecule has 0 amide bonds. The van der Waals surface area contributed by atoms with Gasteiger partial charge in [-0.1, -0.05) is 18.0 Å². The largest absolute Gasteiger partial charge is 0.408 e. The molecule has 1 saturated carbocycles. The zero-order chi connectivity index (χ0) is 9.68. The van der Waals surface area contributed by atoms with Crippen LogP contribution in [0.5, 0.6) is 0 Å². The number of nitrogens with zero attached hydrogens (tertiary/aromatic N) is 2. The van der Waals surface area contributed by atoms with E-state index < -0.39 is 0 Å². The summed E-state index contributed by atoms with van der Waals surface area (Å²) in [4.78, 5) is 1.77. The summed E-state index contributed by atoms with van der Waals surface area (Å²) in [6.45, 7) is 0.479. The smallest absolute Gasteiger partial charge is 0.233 e. The van der Waals surface area contributed by atoms with E-state index >= 15 is 0 Å². The average Bonchev–Trinajstić information content (AvgIpc) is 2.65. The lowest BCUT2D eigenvalue weighted by molar-refractivity contribution is 0.209. The third kappa shape index (κ3) is 2.48. The second-order valence-corrected chi connectivity index (χ2v) is 3.31. The second kappa shape index (κ2) is 4.91. The van der Waals surface area contributed by atoms with Gasteiger partial charge in [-0.25, -0.2) is 0 Å². The molecule has 1 aliphatic rings. The molecular formula is C8H17N3O2. The molecule has 0 spiro atoms. The summed E-state index contributed by atoms with van der Waals surface area (Å²) in [5.74, 6) is 0.112. The van der Waals surface area contributed by atoms with Gasteiger partial charge in [0, 0.05) is 12.6 Å². The van der Waals surface area contributed by atoms with Gasteiger partial charge in [-0.15, -0.1) is 0 Å². The van der Waals surface area contributed by atoms with Gasteiger partial charge in [0.1, 0.15) is 0 Å². The van der Waals surface area contributed by atoms with E-state index in [-0.39, 0.29) is 12.6 Å². The molecular weight excluding hydrogens is 170 g/mol. The van der Waals surface area contributed by atoms with Crippen LogP contribution in [0.15, 0.2) is 5.16 Å². The third-order valence-electron chi connectivity index (χ3n) is 2.50. The van der Waals surface area contributed by atoms with E-state index in [4.69, 9.17) is 16.0 Å². The number of aliphatic hydroxyl groups excluding tert-OH is 1. The van der Waals surface area contributed by atoms with Crippen LogP contribution >= 0.6 is 0 Å². The van der Waals surface area contributed by atoms with Gasteiger partial charge in [-0.05, 0) is 12.8 Å². The Bertz CT molecular complexity index is 178. The first-order valence-corrected chi connectivity index (χ1v) is 4.64. The van der Waals surface area contributed by atoms with Crippen molar-refractivity contribution in [3.63, 3.8) is 0 Å². The minimum Gasteiger partial charge on any atom is -0.408 e. The molecule has 5 nitrogen and oxygen atoms in total. The minimum atomic E-state index is 0.0344. The zero-order valence-electron chi connectivity index (χ0n) is 7.69. The summed E-state index contributed by atoms with van der Waals surface area (Å²) in [5, 5.41) is 20.3. The van der Waals surface area contributed by atoms with Crippen molar-refractivity contribution in [1.29, 1.82) is 0 Å². The van der Waals surface area contributed by atoms with Crippen molar-refractivity contribution in [3.05, 3.63) is 0 Å².